The van der Waals surface area contributed by atoms with Crippen LogP contribution in [0.25, 0.3) is 0 Å². The molecule has 0 atom stereocenters. The zero-order valence-corrected chi connectivity index (χ0v) is 16.8. The maximum Gasteiger partial charge on any atom is 0.380 e. The average Bonchev–Trinajstić information content (AvgIpc) is 2.48. The van der Waals surface area contributed by atoms with E-state index in [0.29, 0.717) is 6.42 Å². The summed E-state index contributed by atoms with van der Waals surface area (Å²) < 4.78 is 81.3. The number of rotatable bonds is 14. The largest absolute Gasteiger partial charge is 0.478 e. The summed E-state index contributed by atoms with van der Waals surface area (Å²) in [6.45, 7) is 6.96. The van der Waals surface area contributed by atoms with Crippen molar-refractivity contribution >= 4 is 16.0 Å². The Bertz CT molecular complexity index is 606. The highest BCUT2D eigenvalue weighted by Gasteiger charge is 2.64. The van der Waals surface area contributed by atoms with Crippen molar-refractivity contribution in [2.45, 2.75) is 83.7 Å². The van der Waals surface area contributed by atoms with Gasteiger partial charge in [0, 0.05) is 11.6 Å². The smallest absolute Gasteiger partial charge is 0.380 e. The van der Waals surface area contributed by atoms with Crippen molar-refractivity contribution in [3.63, 3.8) is 0 Å². The number of sulfonamides is 1. The summed E-state index contributed by atoms with van der Waals surface area (Å²) in [5.41, 5.74) is -1.13. The first kappa shape index (κ1) is 25.8. The van der Waals surface area contributed by atoms with Crippen molar-refractivity contribution in [3.8, 4) is 0 Å². The minimum Gasteiger partial charge on any atom is -0.478 e. The second kappa shape index (κ2) is 10.4. The molecule has 5 nitrogen and oxygen atoms in total. The molecule has 0 spiro atoms. The summed E-state index contributed by atoms with van der Waals surface area (Å²) in [4.78, 5) is 10.6. The number of unbranched alkanes of at least 4 members (excludes halogenated alkanes) is 5. The van der Waals surface area contributed by atoms with E-state index < -0.39 is 56.1 Å². The predicted octanol–water partition coefficient (Wildman–Crippen LogP) is 4.65. The van der Waals surface area contributed by atoms with Gasteiger partial charge in [0.2, 0.25) is 10.0 Å². The third-order valence-corrected chi connectivity index (χ3v) is 6.03. The molecule has 0 aromatic heterocycles. The molecule has 0 aromatic rings. The number of carboxylic acids is 1. The number of hydrogen-bond acceptors (Lipinski definition) is 3. The Kier molecular flexibility index (Phi) is 9.96. The lowest BCUT2D eigenvalue weighted by molar-refractivity contribution is -0.266. The van der Waals surface area contributed by atoms with Crippen LogP contribution in [0, 0.1) is 0 Å². The van der Waals surface area contributed by atoms with Gasteiger partial charge in [0.1, 0.15) is 0 Å². The Morgan fingerprint density at radius 2 is 1.56 bits per heavy atom. The minimum atomic E-state index is -5.08. The summed E-state index contributed by atoms with van der Waals surface area (Å²) in [5.74, 6) is -7.44. The van der Waals surface area contributed by atoms with Gasteiger partial charge in [0.15, 0.2) is 0 Å². The standard InChI is InChI=1S/C17H29F4NO4S/c1-5-6-7-8-9-10-11-27(25,26)22(13(2)3)17(20,21)16(18,19)12-14(4)15(23)24/h13H,4-12H2,1-3H3,(H,23,24). The predicted molar refractivity (Wildman–Crippen MR) is 95.4 cm³/mol. The second-order valence-corrected chi connectivity index (χ2v) is 8.77. The van der Waals surface area contributed by atoms with E-state index in [1.54, 1.807) is 0 Å². The SMILES string of the molecule is C=C(CC(F)(F)C(F)(F)N(C(C)C)S(=O)(=O)CCCCCCCC)C(=O)O. The number of halogens is 4. The Morgan fingerprint density at radius 1 is 1.07 bits per heavy atom. The molecule has 160 valence electrons. The van der Waals surface area contributed by atoms with Crippen LogP contribution >= 0.6 is 0 Å². The number of alkyl halides is 4. The van der Waals surface area contributed by atoms with Gasteiger partial charge in [-0.2, -0.15) is 17.6 Å². The Balaban J connectivity index is 5.36. The lowest BCUT2D eigenvalue weighted by atomic mass is 10.1. The zero-order chi connectivity index (χ0) is 21.5. The van der Waals surface area contributed by atoms with Gasteiger partial charge in [-0.05, 0) is 20.3 Å². The van der Waals surface area contributed by atoms with Crippen molar-refractivity contribution in [2.24, 2.45) is 0 Å². The van der Waals surface area contributed by atoms with E-state index in [1.807, 2.05) is 6.92 Å². The van der Waals surface area contributed by atoms with Gasteiger partial charge in [-0.15, -0.1) is 4.31 Å². The molecule has 0 saturated heterocycles. The van der Waals surface area contributed by atoms with Crippen LogP contribution in [0.5, 0.6) is 0 Å². The Morgan fingerprint density at radius 3 is 2.00 bits per heavy atom. The highest BCUT2D eigenvalue weighted by Crippen LogP contribution is 2.43. The fourth-order valence-corrected chi connectivity index (χ4v) is 4.49. The monoisotopic (exact) mass is 419 g/mol. The third kappa shape index (κ3) is 7.40. The summed E-state index contributed by atoms with van der Waals surface area (Å²) >= 11 is 0. The number of hydrogen-bond donors (Lipinski definition) is 1. The van der Waals surface area contributed by atoms with Crippen LogP contribution in [0.2, 0.25) is 0 Å². The molecule has 0 aliphatic carbocycles. The van der Waals surface area contributed by atoms with Gasteiger partial charge in [-0.1, -0.05) is 45.6 Å². The number of carbonyl (C=O) groups is 1. The molecule has 0 bridgehead atoms. The summed E-state index contributed by atoms with van der Waals surface area (Å²) in [5, 5.41) is 8.61. The van der Waals surface area contributed by atoms with Crippen LogP contribution < -0.4 is 0 Å². The van der Waals surface area contributed by atoms with Gasteiger partial charge < -0.3 is 5.11 Å². The van der Waals surface area contributed by atoms with Gasteiger partial charge in [-0.3, -0.25) is 0 Å². The molecule has 0 heterocycles. The van der Waals surface area contributed by atoms with Crippen molar-refractivity contribution in [2.75, 3.05) is 5.75 Å². The normalized spacial score (nSPS) is 13.4. The van der Waals surface area contributed by atoms with E-state index in [-0.39, 0.29) is 6.42 Å². The first-order valence-electron chi connectivity index (χ1n) is 8.89. The van der Waals surface area contributed by atoms with Crippen LogP contribution in [-0.4, -0.2) is 47.6 Å². The van der Waals surface area contributed by atoms with E-state index >= 15 is 0 Å². The second-order valence-electron chi connectivity index (χ2n) is 6.80. The third-order valence-electron chi connectivity index (χ3n) is 3.98. The maximum absolute atomic E-state index is 14.5. The highest BCUT2D eigenvalue weighted by atomic mass is 32.2. The summed E-state index contributed by atoms with van der Waals surface area (Å²) in [6.07, 6.45) is 2.30. The topological polar surface area (TPSA) is 74.7 Å². The molecule has 0 amide bonds. The van der Waals surface area contributed by atoms with Crippen LogP contribution in [-0.2, 0) is 14.8 Å². The molecule has 27 heavy (non-hydrogen) atoms. The van der Waals surface area contributed by atoms with E-state index in [0.717, 1.165) is 39.5 Å². The van der Waals surface area contributed by atoms with Crippen LogP contribution in [0.15, 0.2) is 12.2 Å². The van der Waals surface area contributed by atoms with Crippen molar-refractivity contribution < 1.29 is 35.9 Å². The molecule has 0 rings (SSSR count). The van der Waals surface area contributed by atoms with Crippen LogP contribution in [0.4, 0.5) is 17.6 Å². The molecule has 0 unspecified atom stereocenters. The molecule has 0 aromatic carbocycles. The first-order chi connectivity index (χ1) is 12.2. The van der Waals surface area contributed by atoms with Crippen molar-refractivity contribution in [1.29, 1.82) is 0 Å². The quantitative estimate of drug-likeness (QED) is 0.193. The number of aliphatic carboxylic acids is 1. The maximum atomic E-state index is 14.5. The van der Waals surface area contributed by atoms with Crippen molar-refractivity contribution in [1.82, 2.24) is 4.31 Å². The molecule has 0 fully saturated rings. The molecule has 0 aliphatic heterocycles. The lowest BCUT2D eigenvalue weighted by Crippen LogP contribution is -2.59. The molecule has 0 aliphatic rings. The van der Waals surface area contributed by atoms with Crippen LogP contribution in [0.3, 0.4) is 0 Å². The van der Waals surface area contributed by atoms with E-state index in [2.05, 4.69) is 6.58 Å². The fraction of sp³-hybridized carbons (Fsp3) is 0.824. The van der Waals surface area contributed by atoms with Crippen LogP contribution in [0.1, 0.15) is 65.7 Å². The van der Waals surface area contributed by atoms with Crippen molar-refractivity contribution in [3.05, 3.63) is 12.2 Å². The molecule has 0 saturated carbocycles. The van der Waals surface area contributed by atoms with Gasteiger partial charge in [0.25, 0.3) is 0 Å². The molecular formula is C17H29F4NO4S. The van der Waals surface area contributed by atoms with Gasteiger partial charge in [-0.25, -0.2) is 13.2 Å². The zero-order valence-electron chi connectivity index (χ0n) is 16.0. The minimum absolute atomic E-state index is 0.0821. The first-order valence-corrected chi connectivity index (χ1v) is 10.5. The molecule has 10 heteroatoms. The molecular weight excluding hydrogens is 390 g/mol. The van der Waals surface area contributed by atoms with Gasteiger partial charge >= 0.3 is 17.9 Å². The van der Waals surface area contributed by atoms with E-state index in [9.17, 15) is 30.8 Å². The van der Waals surface area contributed by atoms with Gasteiger partial charge in [0.05, 0.1) is 12.2 Å². The fourth-order valence-electron chi connectivity index (χ4n) is 2.59. The Labute approximate surface area is 158 Å². The highest BCUT2D eigenvalue weighted by molar-refractivity contribution is 7.89. The van der Waals surface area contributed by atoms with E-state index in [1.165, 1.54) is 0 Å². The van der Waals surface area contributed by atoms with E-state index in [4.69, 9.17) is 5.11 Å². The lowest BCUT2D eigenvalue weighted by Gasteiger charge is -2.37. The number of carboxylic acid groups (broad SMARTS) is 1. The summed E-state index contributed by atoms with van der Waals surface area (Å²) in [6, 6.07) is -6.52. The average molecular weight is 419 g/mol. The number of nitrogens with zero attached hydrogens (tertiary/aromatic N) is 1. The Hall–Kier alpha value is -1.16. The molecule has 0 radical (unpaired) electrons. The molecule has 1 N–H and O–H groups in total. The summed E-state index contributed by atoms with van der Waals surface area (Å²) in [7, 11) is -4.69.